The molecule has 4 nitrogen and oxygen atoms in total. The van der Waals surface area contributed by atoms with Crippen LogP contribution in [0.5, 0.6) is 0 Å². The third-order valence-corrected chi connectivity index (χ3v) is 3.43. The summed E-state index contributed by atoms with van der Waals surface area (Å²) in [5.41, 5.74) is 1.23. The maximum Gasteiger partial charge on any atom is 0.130 e. The smallest absolute Gasteiger partial charge is 0.130 e. The molecule has 0 spiro atoms. The van der Waals surface area contributed by atoms with Crippen molar-refractivity contribution in [2.75, 3.05) is 20.1 Å². The molecule has 0 aliphatic carbocycles. The molecule has 0 aromatic carbocycles. The lowest BCUT2D eigenvalue weighted by molar-refractivity contribution is -0.117. The summed E-state index contributed by atoms with van der Waals surface area (Å²) in [6.45, 7) is 3.93. The molecule has 1 aliphatic heterocycles. The highest BCUT2D eigenvalue weighted by molar-refractivity contribution is 5.75. The van der Waals surface area contributed by atoms with Gasteiger partial charge in [0.1, 0.15) is 11.6 Å². The summed E-state index contributed by atoms with van der Waals surface area (Å²) in [5, 5.41) is 0. The fourth-order valence-electron chi connectivity index (χ4n) is 2.43. The number of piperidine rings is 1. The van der Waals surface area contributed by atoms with Gasteiger partial charge in [-0.25, -0.2) is 4.98 Å². The molecule has 1 aliphatic rings. The van der Waals surface area contributed by atoms with Crippen LogP contribution >= 0.6 is 0 Å². The van der Waals surface area contributed by atoms with Gasteiger partial charge in [-0.2, -0.15) is 0 Å². The Hall–Kier alpha value is -1.16. The van der Waals surface area contributed by atoms with Crippen molar-refractivity contribution in [2.24, 2.45) is 0 Å². The van der Waals surface area contributed by atoms with Gasteiger partial charge in [0, 0.05) is 37.2 Å². The fourth-order valence-corrected chi connectivity index (χ4v) is 2.43. The third-order valence-electron chi connectivity index (χ3n) is 3.43. The highest BCUT2D eigenvalue weighted by atomic mass is 16.1. The van der Waals surface area contributed by atoms with Crippen LogP contribution in [0.25, 0.3) is 0 Å². The standard InChI is InChI=1S/C13H21N3O/c1-10(17)5-6-13-14-8-12(15-13)11-4-3-7-16(2)9-11/h8,11H,3-7,9H2,1-2H3,(H,14,15). The summed E-state index contributed by atoms with van der Waals surface area (Å²) in [6, 6.07) is 0. The number of aromatic amines is 1. The number of likely N-dealkylation sites (N-methyl/N-ethyl adjacent to an activating group) is 1. The number of carbonyl (C=O) groups is 1. The Morgan fingerprint density at radius 2 is 2.47 bits per heavy atom. The minimum atomic E-state index is 0.223. The Labute approximate surface area is 102 Å². The van der Waals surface area contributed by atoms with E-state index in [4.69, 9.17) is 0 Å². The number of Topliss-reactive ketones (excluding diaryl/α,β-unsaturated/α-hetero) is 1. The van der Waals surface area contributed by atoms with E-state index in [0.717, 1.165) is 18.8 Å². The van der Waals surface area contributed by atoms with E-state index in [9.17, 15) is 4.79 Å². The first kappa shape index (κ1) is 12.3. The molecule has 0 radical (unpaired) electrons. The van der Waals surface area contributed by atoms with Crippen LogP contribution < -0.4 is 0 Å². The van der Waals surface area contributed by atoms with E-state index in [1.807, 2.05) is 6.20 Å². The van der Waals surface area contributed by atoms with Gasteiger partial charge in [-0.3, -0.25) is 0 Å². The number of hydrogen-bond donors (Lipinski definition) is 1. The number of imidazole rings is 1. The highest BCUT2D eigenvalue weighted by Gasteiger charge is 2.20. The van der Waals surface area contributed by atoms with Crippen LogP contribution in [0.4, 0.5) is 0 Å². The Balaban J connectivity index is 1.95. The Morgan fingerprint density at radius 3 is 3.18 bits per heavy atom. The quantitative estimate of drug-likeness (QED) is 0.864. The summed E-state index contributed by atoms with van der Waals surface area (Å²) in [4.78, 5) is 21.0. The zero-order chi connectivity index (χ0) is 12.3. The summed E-state index contributed by atoms with van der Waals surface area (Å²) >= 11 is 0. The van der Waals surface area contributed by atoms with Crippen LogP contribution in [-0.4, -0.2) is 40.8 Å². The molecule has 0 bridgehead atoms. The van der Waals surface area contributed by atoms with Gasteiger partial charge in [0.05, 0.1) is 0 Å². The first-order valence-electron chi connectivity index (χ1n) is 6.37. The molecule has 1 fully saturated rings. The van der Waals surface area contributed by atoms with E-state index in [2.05, 4.69) is 21.9 Å². The predicted molar refractivity (Wildman–Crippen MR) is 67.1 cm³/mol. The predicted octanol–water partition coefficient (Wildman–Crippen LogP) is 1.74. The number of aryl methyl sites for hydroxylation is 1. The maximum atomic E-state index is 10.9. The molecule has 1 N–H and O–H groups in total. The molecule has 1 unspecified atom stereocenters. The molecule has 1 atom stereocenters. The summed E-state index contributed by atoms with van der Waals surface area (Å²) < 4.78 is 0. The van der Waals surface area contributed by atoms with Crippen molar-refractivity contribution in [1.82, 2.24) is 14.9 Å². The Kier molecular flexibility index (Phi) is 3.94. The lowest BCUT2D eigenvalue weighted by atomic mass is 9.96. The number of aromatic nitrogens is 2. The second-order valence-corrected chi connectivity index (χ2v) is 5.09. The van der Waals surface area contributed by atoms with Gasteiger partial charge in [0.2, 0.25) is 0 Å². The summed E-state index contributed by atoms with van der Waals surface area (Å²) in [7, 11) is 2.17. The minimum absolute atomic E-state index is 0.223. The number of carbonyl (C=O) groups excluding carboxylic acids is 1. The molecule has 17 heavy (non-hydrogen) atoms. The van der Waals surface area contributed by atoms with Crippen molar-refractivity contribution < 1.29 is 4.79 Å². The average molecular weight is 235 g/mol. The fraction of sp³-hybridized carbons (Fsp3) is 0.692. The van der Waals surface area contributed by atoms with Crippen LogP contribution in [0.2, 0.25) is 0 Å². The molecule has 0 amide bonds. The summed E-state index contributed by atoms with van der Waals surface area (Å²) in [5.74, 6) is 1.75. The topological polar surface area (TPSA) is 49.0 Å². The van der Waals surface area contributed by atoms with Crippen LogP contribution in [0.3, 0.4) is 0 Å². The monoisotopic (exact) mass is 235 g/mol. The zero-order valence-corrected chi connectivity index (χ0v) is 10.7. The van der Waals surface area contributed by atoms with E-state index in [0.29, 0.717) is 12.3 Å². The SMILES string of the molecule is CC(=O)CCc1ncc(C2CCCN(C)C2)[nH]1. The van der Waals surface area contributed by atoms with Crippen molar-refractivity contribution in [3.8, 4) is 0 Å². The molecule has 1 saturated heterocycles. The second kappa shape index (κ2) is 5.45. The van der Waals surface area contributed by atoms with E-state index >= 15 is 0 Å². The van der Waals surface area contributed by atoms with Crippen molar-refractivity contribution in [3.63, 3.8) is 0 Å². The molecule has 1 aromatic rings. The van der Waals surface area contributed by atoms with Crippen LogP contribution in [0, 0.1) is 0 Å². The third kappa shape index (κ3) is 3.40. The van der Waals surface area contributed by atoms with Crippen molar-refractivity contribution >= 4 is 5.78 Å². The molecule has 2 heterocycles. The van der Waals surface area contributed by atoms with Crippen LogP contribution in [0.1, 0.15) is 43.6 Å². The number of nitrogens with zero attached hydrogens (tertiary/aromatic N) is 2. The molecule has 2 rings (SSSR count). The van der Waals surface area contributed by atoms with E-state index in [1.165, 1.54) is 25.1 Å². The minimum Gasteiger partial charge on any atom is -0.346 e. The Bertz CT molecular complexity index is 386. The van der Waals surface area contributed by atoms with Gasteiger partial charge in [0.25, 0.3) is 0 Å². The average Bonchev–Trinajstić information content (AvgIpc) is 2.75. The first-order chi connectivity index (χ1) is 8.15. The van der Waals surface area contributed by atoms with Crippen LogP contribution in [-0.2, 0) is 11.2 Å². The molecular weight excluding hydrogens is 214 g/mol. The molecule has 0 saturated carbocycles. The molecular formula is C13H21N3O. The number of ketones is 1. The molecule has 94 valence electrons. The van der Waals surface area contributed by atoms with Gasteiger partial charge < -0.3 is 14.7 Å². The van der Waals surface area contributed by atoms with Crippen LogP contribution in [0.15, 0.2) is 6.20 Å². The van der Waals surface area contributed by atoms with Crippen molar-refractivity contribution in [3.05, 3.63) is 17.7 Å². The zero-order valence-electron chi connectivity index (χ0n) is 10.7. The van der Waals surface area contributed by atoms with Crippen molar-refractivity contribution in [1.29, 1.82) is 0 Å². The van der Waals surface area contributed by atoms with Gasteiger partial charge in [0.15, 0.2) is 0 Å². The number of nitrogens with one attached hydrogen (secondary N) is 1. The Morgan fingerprint density at radius 1 is 1.65 bits per heavy atom. The van der Waals surface area contributed by atoms with E-state index < -0.39 is 0 Å². The second-order valence-electron chi connectivity index (χ2n) is 5.09. The largest absolute Gasteiger partial charge is 0.346 e. The lowest BCUT2D eigenvalue weighted by Crippen LogP contribution is -2.30. The van der Waals surface area contributed by atoms with Crippen molar-refractivity contribution in [2.45, 2.75) is 38.5 Å². The number of H-pyrrole nitrogens is 1. The summed E-state index contributed by atoms with van der Waals surface area (Å²) in [6.07, 6.45) is 5.75. The van der Waals surface area contributed by atoms with E-state index in [1.54, 1.807) is 6.92 Å². The number of rotatable bonds is 4. The highest BCUT2D eigenvalue weighted by Crippen LogP contribution is 2.24. The maximum absolute atomic E-state index is 10.9. The van der Waals surface area contributed by atoms with E-state index in [-0.39, 0.29) is 5.78 Å². The number of likely N-dealkylation sites (tertiary alicyclic amines) is 1. The molecule has 4 heteroatoms. The van der Waals surface area contributed by atoms with Gasteiger partial charge >= 0.3 is 0 Å². The first-order valence-corrected chi connectivity index (χ1v) is 6.37. The van der Waals surface area contributed by atoms with Gasteiger partial charge in [-0.1, -0.05) is 0 Å². The van der Waals surface area contributed by atoms with Gasteiger partial charge in [-0.05, 0) is 33.4 Å². The van der Waals surface area contributed by atoms with Gasteiger partial charge in [-0.15, -0.1) is 0 Å². The lowest BCUT2D eigenvalue weighted by Gasteiger charge is -2.28. The normalized spacial score (nSPS) is 21.6. The number of hydrogen-bond acceptors (Lipinski definition) is 3. The molecule has 1 aromatic heterocycles.